The van der Waals surface area contributed by atoms with Crippen molar-refractivity contribution in [1.82, 2.24) is 4.57 Å². The Morgan fingerprint density at radius 3 is 2.65 bits per heavy atom. The minimum Gasteiger partial charge on any atom is -0.477 e. The number of rotatable bonds is 7. The lowest BCUT2D eigenvalue weighted by molar-refractivity contribution is 0.0694. The summed E-state index contributed by atoms with van der Waals surface area (Å²) in [5.41, 5.74) is 6.65. The van der Waals surface area contributed by atoms with Gasteiger partial charge >= 0.3 is 5.97 Å². The van der Waals surface area contributed by atoms with Crippen molar-refractivity contribution in [2.45, 2.75) is 31.3 Å². The van der Waals surface area contributed by atoms with E-state index in [2.05, 4.69) is 5.16 Å². The number of nitrogens with zero attached hydrogens (tertiary/aromatic N) is 3. The highest BCUT2D eigenvalue weighted by Crippen LogP contribution is 2.41. The number of nitrogens with two attached hydrogens (primary N) is 1. The fourth-order valence-electron chi connectivity index (χ4n) is 4.27. The molecule has 1 aliphatic carbocycles. The highest BCUT2D eigenvalue weighted by molar-refractivity contribution is 6.04. The quantitative estimate of drug-likeness (QED) is 0.516. The monoisotopic (exact) mass is 468 g/mol. The highest BCUT2D eigenvalue weighted by Gasteiger charge is 2.41. The van der Waals surface area contributed by atoms with Crippen LogP contribution in [0.5, 0.6) is 0 Å². The fraction of sp³-hybridized carbons (Fsp3) is 0.292. The molecular formula is C24H22F2N4O4. The first-order valence-corrected chi connectivity index (χ1v) is 10.8. The summed E-state index contributed by atoms with van der Waals surface area (Å²) < 4.78 is 30.4. The van der Waals surface area contributed by atoms with Crippen molar-refractivity contribution in [2.24, 2.45) is 10.9 Å². The number of aromatic carboxylic acids is 1. The molecule has 2 heterocycles. The summed E-state index contributed by atoms with van der Waals surface area (Å²) in [5.74, 6) is -2.14. The molecule has 8 nitrogen and oxygen atoms in total. The van der Waals surface area contributed by atoms with Gasteiger partial charge in [-0.25, -0.2) is 13.6 Å². The summed E-state index contributed by atoms with van der Waals surface area (Å²) in [4.78, 5) is 31.3. The Morgan fingerprint density at radius 1 is 1.26 bits per heavy atom. The molecule has 3 atom stereocenters. The Hall–Kier alpha value is -3.79. The summed E-state index contributed by atoms with van der Waals surface area (Å²) >= 11 is 0. The van der Waals surface area contributed by atoms with Crippen LogP contribution in [-0.2, 0) is 11.4 Å². The molecule has 1 saturated heterocycles. The summed E-state index contributed by atoms with van der Waals surface area (Å²) in [5, 5.41) is 13.4. The van der Waals surface area contributed by atoms with Gasteiger partial charge in [0.2, 0.25) is 5.43 Å². The van der Waals surface area contributed by atoms with E-state index in [1.165, 1.54) is 10.6 Å². The van der Waals surface area contributed by atoms with Crippen LogP contribution in [0.1, 0.15) is 28.4 Å². The second-order valence-electron chi connectivity index (χ2n) is 8.45. The second kappa shape index (κ2) is 8.53. The third-order valence-electron chi connectivity index (χ3n) is 6.25. The van der Waals surface area contributed by atoms with Gasteiger partial charge in [-0.1, -0.05) is 35.5 Å². The maximum Gasteiger partial charge on any atom is 0.341 e. The SMILES string of the molecule is NC[C@@H]1/C(=N\OCc2ccccc2)CN1c1cc2c(cc1F)c(=O)c(C(=O)O)cn2[C@@H]1C[C@@H]1F. The van der Waals surface area contributed by atoms with Gasteiger partial charge in [0.05, 0.1) is 29.8 Å². The molecule has 176 valence electrons. The number of pyridine rings is 1. The van der Waals surface area contributed by atoms with E-state index in [9.17, 15) is 19.1 Å². The van der Waals surface area contributed by atoms with Gasteiger partial charge in [-0.15, -0.1) is 0 Å². The number of aromatic nitrogens is 1. The van der Waals surface area contributed by atoms with E-state index in [0.717, 1.165) is 17.8 Å². The maximum absolute atomic E-state index is 15.1. The standard InChI is InChI=1S/C24H22F2N4O4/c25-16-6-14-19(29(20-7-17(20)26)10-15(23(14)31)24(32)33)8-21(16)30-11-18(22(30)9-27)28-34-12-13-4-2-1-3-5-13/h1-6,8,10,17,20,22H,7,9,11-12,27H2,(H,32,33)/b28-18-/t17-,20+,22+/m0/s1. The molecule has 2 aromatic carbocycles. The Morgan fingerprint density at radius 2 is 2.00 bits per heavy atom. The second-order valence-corrected chi connectivity index (χ2v) is 8.45. The molecule has 0 unspecified atom stereocenters. The zero-order chi connectivity index (χ0) is 24.0. The van der Waals surface area contributed by atoms with E-state index < -0.39 is 41.0 Å². The number of benzene rings is 2. The minimum absolute atomic E-state index is 0.106. The molecule has 1 aromatic heterocycles. The molecule has 5 rings (SSSR count). The van der Waals surface area contributed by atoms with Crippen LogP contribution in [-0.4, -0.2) is 46.7 Å². The van der Waals surface area contributed by atoms with E-state index in [4.69, 9.17) is 10.6 Å². The maximum atomic E-state index is 15.1. The van der Waals surface area contributed by atoms with E-state index in [1.54, 1.807) is 4.90 Å². The molecular weight excluding hydrogens is 446 g/mol. The van der Waals surface area contributed by atoms with Crippen molar-refractivity contribution in [1.29, 1.82) is 0 Å². The van der Waals surface area contributed by atoms with Crippen LogP contribution < -0.4 is 16.1 Å². The molecule has 3 N–H and O–H groups in total. The van der Waals surface area contributed by atoms with E-state index in [1.807, 2.05) is 30.3 Å². The molecule has 2 fully saturated rings. The Labute approximate surface area is 192 Å². The lowest BCUT2D eigenvalue weighted by Gasteiger charge is -2.43. The average molecular weight is 468 g/mol. The van der Waals surface area contributed by atoms with Crippen molar-refractivity contribution in [3.8, 4) is 0 Å². The number of anilines is 1. The summed E-state index contributed by atoms with van der Waals surface area (Å²) in [6.45, 7) is 0.715. The Balaban J connectivity index is 1.46. The van der Waals surface area contributed by atoms with Crippen LogP contribution >= 0.6 is 0 Å². The highest BCUT2D eigenvalue weighted by atomic mass is 19.1. The van der Waals surface area contributed by atoms with Crippen molar-refractivity contribution >= 4 is 28.3 Å². The molecule has 0 bridgehead atoms. The number of hydrogen-bond acceptors (Lipinski definition) is 6. The lowest BCUT2D eigenvalue weighted by atomic mass is 9.98. The smallest absolute Gasteiger partial charge is 0.341 e. The van der Waals surface area contributed by atoms with Gasteiger partial charge < -0.3 is 25.1 Å². The number of halogens is 2. The van der Waals surface area contributed by atoms with Crippen molar-refractivity contribution in [3.63, 3.8) is 0 Å². The van der Waals surface area contributed by atoms with Crippen LogP contribution in [0.3, 0.4) is 0 Å². The van der Waals surface area contributed by atoms with Crippen molar-refractivity contribution in [3.05, 3.63) is 75.8 Å². The molecule has 1 aliphatic heterocycles. The van der Waals surface area contributed by atoms with E-state index in [-0.39, 0.29) is 42.7 Å². The zero-order valence-corrected chi connectivity index (χ0v) is 18.0. The molecule has 0 amide bonds. The van der Waals surface area contributed by atoms with Crippen LogP contribution in [0.25, 0.3) is 10.9 Å². The number of oxime groups is 1. The number of hydrogen-bond donors (Lipinski definition) is 2. The molecule has 0 radical (unpaired) electrons. The summed E-state index contributed by atoms with van der Waals surface area (Å²) in [6.07, 6.45) is 0.191. The van der Waals surface area contributed by atoms with Crippen LogP contribution in [0, 0.1) is 5.82 Å². The molecule has 0 spiro atoms. The predicted molar refractivity (Wildman–Crippen MR) is 123 cm³/mol. The van der Waals surface area contributed by atoms with E-state index >= 15 is 4.39 Å². The first-order valence-electron chi connectivity index (χ1n) is 10.8. The van der Waals surface area contributed by atoms with Gasteiger partial charge in [-0.05, 0) is 17.7 Å². The molecule has 34 heavy (non-hydrogen) atoms. The molecule has 3 aromatic rings. The lowest BCUT2D eigenvalue weighted by Crippen LogP contribution is -2.61. The predicted octanol–water partition coefficient (Wildman–Crippen LogP) is 2.84. The Kier molecular flexibility index (Phi) is 5.52. The first kappa shape index (κ1) is 22.0. The third-order valence-corrected chi connectivity index (χ3v) is 6.25. The number of fused-ring (bicyclic) bond motifs is 1. The van der Waals surface area contributed by atoms with Crippen LogP contribution in [0.15, 0.2) is 58.6 Å². The number of carbonyl (C=O) groups is 1. The van der Waals surface area contributed by atoms with Crippen LogP contribution in [0.2, 0.25) is 0 Å². The molecule has 2 aliphatic rings. The molecule has 10 heteroatoms. The number of carboxylic acid groups (broad SMARTS) is 1. The topological polar surface area (TPSA) is 110 Å². The van der Waals surface area contributed by atoms with Gasteiger partial charge in [-0.2, -0.15) is 0 Å². The van der Waals surface area contributed by atoms with Gasteiger partial charge in [0.15, 0.2) is 0 Å². The largest absolute Gasteiger partial charge is 0.477 e. The third kappa shape index (κ3) is 3.79. The van der Waals surface area contributed by atoms with Gasteiger partial charge in [-0.3, -0.25) is 4.79 Å². The number of carboxylic acids is 1. The van der Waals surface area contributed by atoms with Crippen molar-refractivity contribution < 1.29 is 23.5 Å². The normalized spacial score (nSPS) is 22.6. The van der Waals surface area contributed by atoms with Crippen molar-refractivity contribution in [2.75, 3.05) is 18.0 Å². The van der Waals surface area contributed by atoms with Gasteiger partial charge in [0.1, 0.15) is 29.9 Å². The average Bonchev–Trinajstić information content (AvgIpc) is 3.53. The Bertz CT molecular complexity index is 1360. The zero-order valence-electron chi connectivity index (χ0n) is 18.0. The van der Waals surface area contributed by atoms with Gasteiger partial charge in [0.25, 0.3) is 0 Å². The van der Waals surface area contributed by atoms with Crippen LogP contribution in [0.4, 0.5) is 14.5 Å². The summed E-state index contributed by atoms with van der Waals surface area (Å²) in [7, 11) is 0. The van der Waals surface area contributed by atoms with Gasteiger partial charge in [0, 0.05) is 24.5 Å². The van der Waals surface area contributed by atoms with E-state index in [0.29, 0.717) is 5.71 Å². The number of alkyl halides is 1. The minimum atomic E-state index is -1.44. The molecule has 1 saturated carbocycles. The fourth-order valence-corrected chi connectivity index (χ4v) is 4.27. The first-order chi connectivity index (χ1) is 16.4. The summed E-state index contributed by atoms with van der Waals surface area (Å²) in [6, 6.07) is 11.0.